The van der Waals surface area contributed by atoms with Crippen LogP contribution in [0, 0.1) is 0 Å². The molecule has 0 heterocycles. The van der Waals surface area contributed by atoms with Gasteiger partial charge in [0.2, 0.25) is 0 Å². The Bertz CT molecular complexity index is 1090. The Hall–Kier alpha value is -3.48. The molecule has 3 N–H and O–H groups in total. The molecule has 1 unspecified atom stereocenters. The zero-order valence-corrected chi connectivity index (χ0v) is 17.3. The number of ether oxygens (including phenoxy) is 1. The van der Waals surface area contributed by atoms with E-state index in [1.807, 2.05) is 0 Å². The fraction of sp³-hybridized carbons (Fsp3) is 0.333. The van der Waals surface area contributed by atoms with E-state index in [-0.39, 0.29) is 45.7 Å². The molecule has 1 fully saturated rings. The molecule has 160 valence electrons. The van der Waals surface area contributed by atoms with Crippen molar-refractivity contribution in [1.29, 1.82) is 0 Å². The van der Waals surface area contributed by atoms with Crippen molar-refractivity contribution >= 4 is 29.1 Å². The minimum atomic E-state index is -1.01. The molecule has 1 saturated carbocycles. The van der Waals surface area contributed by atoms with Crippen LogP contribution < -0.4 is 11.1 Å². The van der Waals surface area contributed by atoms with E-state index in [4.69, 9.17) is 10.5 Å². The summed E-state index contributed by atoms with van der Waals surface area (Å²) in [4.78, 5) is 50.8. The van der Waals surface area contributed by atoms with Gasteiger partial charge in [0.05, 0.1) is 16.8 Å². The Morgan fingerprint density at radius 3 is 2.29 bits per heavy atom. The lowest BCUT2D eigenvalue weighted by molar-refractivity contribution is -0.130. The van der Waals surface area contributed by atoms with Gasteiger partial charge in [-0.1, -0.05) is 43.5 Å². The summed E-state index contributed by atoms with van der Waals surface area (Å²) in [5.74, 6) is -1.92. The summed E-state index contributed by atoms with van der Waals surface area (Å²) in [6.07, 6.45) is 4.13. The summed E-state index contributed by atoms with van der Waals surface area (Å²) in [5, 5.41) is 2.92. The average Bonchev–Trinajstić information content (AvgIpc) is 2.77. The highest BCUT2D eigenvalue weighted by Crippen LogP contribution is 2.33. The fourth-order valence-electron chi connectivity index (χ4n) is 4.23. The second kappa shape index (κ2) is 8.34. The first-order valence-corrected chi connectivity index (χ1v) is 10.5. The lowest BCUT2D eigenvalue weighted by Crippen LogP contribution is -2.42. The lowest BCUT2D eigenvalue weighted by atomic mass is 9.82. The van der Waals surface area contributed by atoms with E-state index in [0.29, 0.717) is 5.56 Å². The van der Waals surface area contributed by atoms with Gasteiger partial charge in [-0.25, -0.2) is 4.79 Å². The summed E-state index contributed by atoms with van der Waals surface area (Å²) in [6.45, 7) is 1.50. The van der Waals surface area contributed by atoms with Gasteiger partial charge in [-0.3, -0.25) is 14.4 Å². The van der Waals surface area contributed by atoms with Crippen LogP contribution in [0.2, 0.25) is 0 Å². The number of anilines is 1. The van der Waals surface area contributed by atoms with Crippen molar-refractivity contribution in [3.63, 3.8) is 0 Å². The van der Waals surface area contributed by atoms with E-state index >= 15 is 0 Å². The second-order valence-corrected chi connectivity index (χ2v) is 8.04. The molecule has 1 amide bonds. The average molecular weight is 420 g/mol. The third kappa shape index (κ3) is 3.83. The standard InChI is InChI=1S/C24H24N2O5/c1-13(23(29)26-14-7-3-2-4-8-14)31-24(30)18-12-11-17-19(20(18)25)22(28)16-10-6-5-9-15(16)21(17)27/h5-6,9-14H,2-4,7-8,25H2,1H3,(H,26,29). The highest BCUT2D eigenvalue weighted by Gasteiger charge is 2.33. The van der Waals surface area contributed by atoms with E-state index in [1.54, 1.807) is 24.3 Å². The summed E-state index contributed by atoms with van der Waals surface area (Å²) >= 11 is 0. The van der Waals surface area contributed by atoms with Gasteiger partial charge >= 0.3 is 5.97 Å². The topological polar surface area (TPSA) is 116 Å². The highest BCUT2D eigenvalue weighted by atomic mass is 16.5. The number of rotatable bonds is 4. The smallest absolute Gasteiger partial charge is 0.341 e. The maximum Gasteiger partial charge on any atom is 0.341 e. The second-order valence-electron chi connectivity index (χ2n) is 8.04. The number of nitrogen functional groups attached to an aromatic ring is 1. The maximum atomic E-state index is 13.0. The molecule has 0 bridgehead atoms. The number of amides is 1. The number of hydrogen-bond acceptors (Lipinski definition) is 6. The number of nitrogens with two attached hydrogens (primary N) is 1. The largest absolute Gasteiger partial charge is 0.449 e. The number of esters is 1. The van der Waals surface area contributed by atoms with E-state index in [9.17, 15) is 19.2 Å². The molecule has 2 aromatic carbocycles. The van der Waals surface area contributed by atoms with Crippen molar-refractivity contribution < 1.29 is 23.9 Å². The monoisotopic (exact) mass is 420 g/mol. The fourth-order valence-corrected chi connectivity index (χ4v) is 4.23. The Kier molecular flexibility index (Phi) is 5.59. The molecule has 1 atom stereocenters. The zero-order chi connectivity index (χ0) is 22.1. The molecule has 0 aromatic heterocycles. The molecule has 2 aromatic rings. The number of hydrogen-bond donors (Lipinski definition) is 2. The minimum absolute atomic E-state index is 0.00235. The van der Waals surface area contributed by atoms with Crippen LogP contribution >= 0.6 is 0 Å². The van der Waals surface area contributed by atoms with Crippen molar-refractivity contribution in [2.24, 2.45) is 0 Å². The number of carbonyl (C=O) groups excluding carboxylic acids is 4. The summed E-state index contributed by atoms with van der Waals surface area (Å²) in [5.41, 5.74) is 6.69. The third-order valence-electron chi connectivity index (χ3n) is 5.96. The van der Waals surface area contributed by atoms with Crippen molar-refractivity contribution in [3.8, 4) is 0 Å². The summed E-state index contributed by atoms with van der Waals surface area (Å²) in [7, 11) is 0. The van der Waals surface area contributed by atoms with Gasteiger partial charge in [0.25, 0.3) is 5.91 Å². The Morgan fingerprint density at radius 2 is 1.61 bits per heavy atom. The molecule has 2 aliphatic carbocycles. The highest BCUT2D eigenvalue weighted by molar-refractivity contribution is 6.30. The van der Waals surface area contributed by atoms with E-state index in [2.05, 4.69) is 5.32 Å². The number of nitrogens with one attached hydrogen (secondary N) is 1. The normalized spacial score (nSPS) is 16.8. The molecule has 0 aliphatic heterocycles. The van der Waals surface area contributed by atoms with Gasteiger partial charge in [0.15, 0.2) is 17.7 Å². The quantitative estimate of drug-likeness (QED) is 0.495. The Balaban J connectivity index is 1.54. The SMILES string of the molecule is CC(OC(=O)c1ccc2c(c1N)C(=O)c1ccccc1C2=O)C(=O)NC1CCCCC1. The third-order valence-corrected chi connectivity index (χ3v) is 5.96. The van der Waals surface area contributed by atoms with Gasteiger partial charge in [-0.05, 0) is 31.9 Å². The molecule has 7 heteroatoms. The van der Waals surface area contributed by atoms with Crippen LogP contribution in [-0.2, 0) is 9.53 Å². The number of benzene rings is 2. The van der Waals surface area contributed by atoms with Gasteiger partial charge < -0.3 is 15.8 Å². The van der Waals surface area contributed by atoms with Gasteiger partial charge in [-0.2, -0.15) is 0 Å². The van der Waals surface area contributed by atoms with Crippen LogP contribution in [0.4, 0.5) is 5.69 Å². The van der Waals surface area contributed by atoms with Crippen LogP contribution in [0.25, 0.3) is 0 Å². The number of carbonyl (C=O) groups is 4. The van der Waals surface area contributed by atoms with Crippen LogP contribution in [0.3, 0.4) is 0 Å². The maximum absolute atomic E-state index is 13.0. The molecule has 7 nitrogen and oxygen atoms in total. The van der Waals surface area contributed by atoms with Gasteiger partial charge in [0.1, 0.15) is 0 Å². The summed E-state index contributed by atoms with van der Waals surface area (Å²) in [6, 6.07) is 9.36. The van der Waals surface area contributed by atoms with Crippen molar-refractivity contribution in [1.82, 2.24) is 5.32 Å². The van der Waals surface area contributed by atoms with Crippen molar-refractivity contribution in [2.75, 3.05) is 5.73 Å². The van der Waals surface area contributed by atoms with E-state index < -0.39 is 17.9 Å². The van der Waals surface area contributed by atoms with Crippen LogP contribution in [0.15, 0.2) is 36.4 Å². The van der Waals surface area contributed by atoms with Crippen LogP contribution in [0.5, 0.6) is 0 Å². The first kappa shape index (κ1) is 20.8. The molecule has 0 spiro atoms. The molecule has 4 rings (SSSR count). The Morgan fingerprint density at radius 1 is 0.968 bits per heavy atom. The first-order chi connectivity index (χ1) is 14.9. The molecular formula is C24H24N2O5. The summed E-state index contributed by atoms with van der Waals surface area (Å²) < 4.78 is 5.32. The van der Waals surface area contributed by atoms with Gasteiger partial charge in [0, 0.05) is 22.7 Å². The Labute approximate surface area is 180 Å². The molecule has 0 radical (unpaired) electrons. The molecule has 31 heavy (non-hydrogen) atoms. The van der Waals surface area contributed by atoms with Crippen molar-refractivity contribution in [3.05, 3.63) is 64.2 Å². The predicted octanol–water partition coefficient (Wildman–Crippen LogP) is 3.04. The number of fused-ring (bicyclic) bond motifs is 2. The van der Waals surface area contributed by atoms with Crippen molar-refractivity contribution in [2.45, 2.75) is 51.2 Å². The molecule has 0 saturated heterocycles. The van der Waals surface area contributed by atoms with Crippen LogP contribution in [0.1, 0.15) is 81.2 Å². The number of ketones is 2. The lowest BCUT2D eigenvalue weighted by Gasteiger charge is -2.24. The van der Waals surface area contributed by atoms with E-state index in [0.717, 1.165) is 25.7 Å². The van der Waals surface area contributed by atoms with Crippen LogP contribution in [-0.4, -0.2) is 35.6 Å². The van der Waals surface area contributed by atoms with Gasteiger partial charge in [-0.15, -0.1) is 0 Å². The van der Waals surface area contributed by atoms with E-state index in [1.165, 1.54) is 25.5 Å². The minimum Gasteiger partial charge on any atom is -0.449 e. The first-order valence-electron chi connectivity index (χ1n) is 10.5. The molecular weight excluding hydrogens is 396 g/mol. The predicted molar refractivity (Wildman–Crippen MR) is 114 cm³/mol. The molecule has 2 aliphatic rings. The zero-order valence-electron chi connectivity index (χ0n) is 17.3.